The predicted octanol–water partition coefficient (Wildman–Crippen LogP) is 3.38. The molecule has 7 nitrogen and oxygen atoms in total. The van der Waals surface area contributed by atoms with E-state index < -0.39 is 0 Å². The highest BCUT2D eigenvalue weighted by molar-refractivity contribution is 7.08. The first-order chi connectivity index (χ1) is 12.9. The lowest BCUT2D eigenvalue weighted by Gasteiger charge is -2.05. The number of hydrogen-bond acceptors (Lipinski definition) is 6. The van der Waals surface area contributed by atoms with Crippen molar-refractivity contribution in [2.45, 2.75) is 6.42 Å². The smallest absolute Gasteiger partial charge is 0.186 e. The highest BCUT2D eigenvalue weighted by atomic mass is 32.1. The van der Waals surface area contributed by atoms with Crippen molar-refractivity contribution < 1.29 is 0 Å². The molecule has 0 fully saturated rings. The lowest BCUT2D eigenvalue weighted by Crippen LogP contribution is -2.09. The summed E-state index contributed by atoms with van der Waals surface area (Å²) in [6, 6.07) is 13.9. The lowest BCUT2D eigenvalue weighted by molar-refractivity contribution is 0.894. The van der Waals surface area contributed by atoms with E-state index in [9.17, 15) is 0 Å². The molecule has 128 valence electrons. The molecule has 0 saturated heterocycles. The van der Waals surface area contributed by atoms with Crippen LogP contribution in [0, 0.1) is 0 Å². The van der Waals surface area contributed by atoms with Gasteiger partial charge in [-0.1, -0.05) is 12.1 Å². The van der Waals surface area contributed by atoms with Crippen molar-refractivity contribution in [3.05, 3.63) is 59.0 Å². The van der Waals surface area contributed by atoms with Gasteiger partial charge >= 0.3 is 0 Å². The Labute approximate surface area is 152 Å². The molecule has 8 heteroatoms. The summed E-state index contributed by atoms with van der Waals surface area (Å²) in [7, 11) is 0. The number of imidazole rings is 1. The molecule has 0 unspecified atom stereocenters. The molecule has 2 N–H and O–H groups in total. The second-order valence-corrected chi connectivity index (χ2v) is 6.68. The average molecular weight is 361 g/mol. The Morgan fingerprint density at radius 3 is 2.92 bits per heavy atom. The third kappa shape index (κ3) is 2.70. The van der Waals surface area contributed by atoms with Crippen molar-refractivity contribution in [3.8, 4) is 11.4 Å². The Kier molecular flexibility index (Phi) is 3.60. The number of para-hydroxylation sites is 2. The first kappa shape index (κ1) is 15.0. The van der Waals surface area contributed by atoms with Gasteiger partial charge in [-0.15, -0.1) is 15.3 Å². The van der Waals surface area contributed by atoms with Gasteiger partial charge in [0.2, 0.25) is 0 Å². The largest absolute Gasteiger partial charge is 0.368 e. The van der Waals surface area contributed by atoms with E-state index in [2.05, 4.69) is 30.6 Å². The molecule has 0 amide bonds. The predicted molar refractivity (Wildman–Crippen MR) is 102 cm³/mol. The molecular weight excluding hydrogens is 346 g/mol. The van der Waals surface area contributed by atoms with Gasteiger partial charge in [-0.25, -0.2) is 4.98 Å². The summed E-state index contributed by atoms with van der Waals surface area (Å²) in [5, 5.41) is 20.5. The molecule has 0 spiro atoms. The van der Waals surface area contributed by atoms with Gasteiger partial charge < -0.3 is 10.3 Å². The maximum absolute atomic E-state index is 4.62. The van der Waals surface area contributed by atoms with Gasteiger partial charge in [0.05, 0.1) is 11.0 Å². The summed E-state index contributed by atoms with van der Waals surface area (Å²) < 4.78 is 1.77. The van der Waals surface area contributed by atoms with Crippen LogP contribution in [0.25, 0.3) is 28.1 Å². The number of benzene rings is 1. The van der Waals surface area contributed by atoms with Crippen molar-refractivity contribution in [2.75, 3.05) is 11.9 Å². The van der Waals surface area contributed by atoms with Crippen LogP contribution in [0.15, 0.2) is 53.2 Å². The fourth-order valence-electron chi connectivity index (χ4n) is 2.89. The van der Waals surface area contributed by atoms with Crippen molar-refractivity contribution in [2.24, 2.45) is 0 Å². The molecule has 0 aliphatic rings. The number of fused-ring (bicyclic) bond motifs is 2. The molecule has 0 bridgehead atoms. The number of H-pyrrole nitrogens is 1. The van der Waals surface area contributed by atoms with Gasteiger partial charge in [0.1, 0.15) is 11.6 Å². The molecule has 5 rings (SSSR count). The molecule has 0 radical (unpaired) electrons. The lowest BCUT2D eigenvalue weighted by atomic mass is 10.3. The molecule has 5 aromatic rings. The first-order valence-electron chi connectivity index (χ1n) is 8.29. The second kappa shape index (κ2) is 6.23. The van der Waals surface area contributed by atoms with E-state index in [0.717, 1.165) is 52.7 Å². The Hall–Kier alpha value is -3.26. The zero-order valence-electron chi connectivity index (χ0n) is 13.8. The summed E-state index contributed by atoms with van der Waals surface area (Å²) >= 11 is 1.63. The van der Waals surface area contributed by atoms with E-state index in [1.807, 2.05) is 53.2 Å². The fourth-order valence-corrected chi connectivity index (χ4v) is 3.52. The summed E-state index contributed by atoms with van der Waals surface area (Å²) in [6.07, 6.45) is 0.786. The molecule has 0 aliphatic carbocycles. The number of aromatic nitrogens is 6. The molecule has 4 heterocycles. The zero-order chi connectivity index (χ0) is 17.3. The molecule has 26 heavy (non-hydrogen) atoms. The number of aromatic amines is 1. The van der Waals surface area contributed by atoms with Crippen LogP contribution in [0.1, 0.15) is 5.82 Å². The van der Waals surface area contributed by atoms with E-state index in [1.165, 1.54) is 0 Å². The third-order valence-corrected chi connectivity index (χ3v) is 4.83. The van der Waals surface area contributed by atoms with Gasteiger partial charge in [0, 0.05) is 23.9 Å². The summed E-state index contributed by atoms with van der Waals surface area (Å²) in [6.45, 7) is 0.730. The number of nitrogens with zero attached hydrogens (tertiary/aromatic N) is 5. The number of nitrogens with one attached hydrogen (secondary N) is 2. The quantitative estimate of drug-likeness (QED) is 0.501. The van der Waals surface area contributed by atoms with E-state index in [-0.39, 0.29) is 0 Å². The second-order valence-electron chi connectivity index (χ2n) is 5.90. The number of rotatable bonds is 5. The highest BCUT2D eigenvalue weighted by Gasteiger charge is 2.10. The highest BCUT2D eigenvalue weighted by Crippen LogP contribution is 2.20. The summed E-state index contributed by atoms with van der Waals surface area (Å²) in [5.74, 6) is 2.50. The van der Waals surface area contributed by atoms with Gasteiger partial charge in [-0.05, 0) is 35.7 Å². The van der Waals surface area contributed by atoms with E-state index in [1.54, 1.807) is 15.9 Å². The Morgan fingerprint density at radius 1 is 1.08 bits per heavy atom. The molecule has 4 aromatic heterocycles. The SMILES string of the molecule is c1ccc2[nH]c(CCNc3ccc4nnc(-c5ccsc5)n4n3)nc2c1. The fraction of sp³-hybridized carbons (Fsp3) is 0.111. The van der Waals surface area contributed by atoms with Crippen LogP contribution in [0.2, 0.25) is 0 Å². The van der Waals surface area contributed by atoms with E-state index in [0.29, 0.717) is 0 Å². The molecule has 0 atom stereocenters. The van der Waals surface area contributed by atoms with Crippen LogP contribution in [0.5, 0.6) is 0 Å². The average Bonchev–Trinajstić information content (AvgIpc) is 3.39. The minimum absolute atomic E-state index is 0.730. The van der Waals surface area contributed by atoms with Crippen LogP contribution < -0.4 is 5.32 Å². The normalized spacial score (nSPS) is 11.4. The van der Waals surface area contributed by atoms with E-state index >= 15 is 0 Å². The minimum Gasteiger partial charge on any atom is -0.368 e. The maximum Gasteiger partial charge on any atom is 0.186 e. The van der Waals surface area contributed by atoms with Crippen LogP contribution in [-0.2, 0) is 6.42 Å². The van der Waals surface area contributed by atoms with Gasteiger partial charge in [0.25, 0.3) is 0 Å². The molecule has 0 aliphatic heterocycles. The van der Waals surface area contributed by atoms with Crippen molar-refractivity contribution in [1.82, 2.24) is 29.8 Å². The Bertz CT molecular complexity index is 1140. The third-order valence-electron chi connectivity index (χ3n) is 4.15. The minimum atomic E-state index is 0.730. The number of hydrogen-bond donors (Lipinski definition) is 2. The van der Waals surface area contributed by atoms with Gasteiger partial charge in [-0.3, -0.25) is 0 Å². The first-order valence-corrected chi connectivity index (χ1v) is 9.24. The Morgan fingerprint density at radius 2 is 2.04 bits per heavy atom. The standard InChI is InChI=1S/C18H15N7S/c1-2-4-14-13(3-1)20-16(21-14)7-9-19-15-5-6-17-22-23-18(25(17)24-15)12-8-10-26-11-12/h1-6,8,10-11H,7,9H2,(H,19,24)(H,20,21). The topological polar surface area (TPSA) is 83.8 Å². The van der Waals surface area contributed by atoms with Crippen LogP contribution in [0.3, 0.4) is 0 Å². The van der Waals surface area contributed by atoms with Crippen molar-refractivity contribution in [1.29, 1.82) is 0 Å². The van der Waals surface area contributed by atoms with E-state index in [4.69, 9.17) is 0 Å². The zero-order valence-corrected chi connectivity index (χ0v) is 14.6. The summed E-state index contributed by atoms with van der Waals surface area (Å²) in [5.41, 5.74) is 3.81. The molecule has 0 saturated carbocycles. The van der Waals surface area contributed by atoms with Crippen LogP contribution >= 0.6 is 11.3 Å². The molecular formula is C18H15N7S. The van der Waals surface area contributed by atoms with Crippen molar-refractivity contribution in [3.63, 3.8) is 0 Å². The monoisotopic (exact) mass is 361 g/mol. The maximum atomic E-state index is 4.62. The van der Waals surface area contributed by atoms with Crippen molar-refractivity contribution >= 4 is 33.8 Å². The van der Waals surface area contributed by atoms with Gasteiger partial charge in [-0.2, -0.15) is 15.9 Å². The summed E-state index contributed by atoms with van der Waals surface area (Å²) in [4.78, 5) is 7.93. The number of thiophene rings is 1. The molecule has 1 aromatic carbocycles. The van der Waals surface area contributed by atoms with Crippen LogP contribution in [0.4, 0.5) is 5.82 Å². The Balaban J connectivity index is 1.33. The van der Waals surface area contributed by atoms with Gasteiger partial charge in [0.15, 0.2) is 11.5 Å². The number of anilines is 1. The van der Waals surface area contributed by atoms with Crippen LogP contribution in [-0.4, -0.2) is 36.3 Å².